The van der Waals surface area contributed by atoms with Crippen LogP contribution in [-0.2, 0) is 21.4 Å². The van der Waals surface area contributed by atoms with Crippen molar-refractivity contribution >= 4 is 21.8 Å². The number of hydrogen-bond acceptors (Lipinski definition) is 3. The van der Waals surface area contributed by atoms with E-state index in [0.717, 1.165) is 9.87 Å². The van der Waals surface area contributed by atoms with Gasteiger partial charge in [-0.3, -0.25) is 9.10 Å². The number of nitrogens with one attached hydrogen (secondary N) is 1. The molecule has 0 aliphatic carbocycles. The van der Waals surface area contributed by atoms with Gasteiger partial charge in [0.15, 0.2) is 0 Å². The molecular formula is C16H18N2O3S. The van der Waals surface area contributed by atoms with Crippen LogP contribution in [0.5, 0.6) is 0 Å². The predicted octanol–water partition coefficient (Wildman–Crippen LogP) is 2.12. The van der Waals surface area contributed by atoms with Crippen molar-refractivity contribution < 1.29 is 13.2 Å². The molecule has 0 radical (unpaired) electrons. The van der Waals surface area contributed by atoms with E-state index in [1.807, 2.05) is 30.3 Å². The first-order chi connectivity index (χ1) is 10.5. The highest BCUT2D eigenvalue weighted by molar-refractivity contribution is 7.91. The van der Waals surface area contributed by atoms with Crippen LogP contribution in [0.4, 0.5) is 5.69 Å². The summed E-state index contributed by atoms with van der Waals surface area (Å²) in [6.07, 6.45) is 0.614. The van der Waals surface area contributed by atoms with Gasteiger partial charge in [-0.15, -0.1) is 0 Å². The minimum atomic E-state index is -3.88. The summed E-state index contributed by atoms with van der Waals surface area (Å²) in [6.45, 7) is 0. The predicted molar refractivity (Wildman–Crippen MR) is 86.7 cm³/mol. The summed E-state index contributed by atoms with van der Waals surface area (Å²) in [4.78, 5) is 11.9. The Morgan fingerprint density at radius 1 is 1.00 bits per heavy atom. The molecule has 0 aromatic heterocycles. The van der Waals surface area contributed by atoms with Crippen LogP contribution in [0.2, 0.25) is 0 Å². The summed E-state index contributed by atoms with van der Waals surface area (Å²) in [5.74, 6) is -0.522. The van der Waals surface area contributed by atoms with Crippen LogP contribution in [0.3, 0.4) is 0 Å². The van der Waals surface area contributed by atoms with Crippen LogP contribution in [0.15, 0.2) is 60.7 Å². The van der Waals surface area contributed by atoms with Gasteiger partial charge in [0.1, 0.15) is 0 Å². The molecule has 22 heavy (non-hydrogen) atoms. The van der Waals surface area contributed by atoms with E-state index in [0.29, 0.717) is 12.1 Å². The quantitative estimate of drug-likeness (QED) is 0.887. The molecule has 0 aliphatic rings. The zero-order chi connectivity index (χ0) is 16.0. The van der Waals surface area contributed by atoms with Gasteiger partial charge < -0.3 is 0 Å². The van der Waals surface area contributed by atoms with Crippen LogP contribution >= 0.6 is 0 Å². The minimum Gasteiger partial charge on any atom is -0.274 e. The topological polar surface area (TPSA) is 66.5 Å². The van der Waals surface area contributed by atoms with E-state index in [4.69, 9.17) is 0 Å². The molecule has 6 heteroatoms. The Bertz CT molecular complexity index is 716. The number of para-hydroxylation sites is 1. The van der Waals surface area contributed by atoms with Crippen LogP contribution in [0.1, 0.15) is 12.0 Å². The average Bonchev–Trinajstić information content (AvgIpc) is 2.53. The number of hydrogen-bond donors (Lipinski definition) is 1. The molecule has 2 aromatic rings. The first-order valence-corrected chi connectivity index (χ1v) is 8.31. The number of nitrogens with zero attached hydrogens (tertiary/aromatic N) is 1. The maximum atomic E-state index is 12.1. The van der Waals surface area contributed by atoms with E-state index in [2.05, 4.69) is 4.72 Å². The van der Waals surface area contributed by atoms with Crippen LogP contribution in [0.25, 0.3) is 0 Å². The van der Waals surface area contributed by atoms with E-state index in [1.54, 1.807) is 30.3 Å². The van der Waals surface area contributed by atoms with Gasteiger partial charge in [0.2, 0.25) is 5.91 Å². The lowest BCUT2D eigenvalue weighted by atomic mass is 10.1. The first kappa shape index (κ1) is 16.0. The molecule has 1 N–H and O–H groups in total. The van der Waals surface area contributed by atoms with Gasteiger partial charge in [0.05, 0.1) is 5.69 Å². The number of rotatable bonds is 6. The van der Waals surface area contributed by atoms with Gasteiger partial charge in [-0.25, -0.2) is 4.72 Å². The molecule has 0 aliphatic heterocycles. The zero-order valence-corrected chi connectivity index (χ0v) is 13.1. The molecule has 2 rings (SSSR count). The second kappa shape index (κ2) is 7.09. The third-order valence-corrected chi connectivity index (χ3v) is 4.62. The SMILES string of the molecule is CN(c1ccccc1)S(=O)(=O)NC(=O)CCc1ccccc1. The maximum Gasteiger partial charge on any atom is 0.325 e. The second-order valence-electron chi connectivity index (χ2n) is 4.82. The molecule has 1 amide bonds. The number of benzene rings is 2. The molecule has 0 saturated carbocycles. The highest BCUT2D eigenvalue weighted by Crippen LogP contribution is 2.14. The first-order valence-electron chi connectivity index (χ1n) is 6.87. The average molecular weight is 318 g/mol. The Hall–Kier alpha value is -2.34. The van der Waals surface area contributed by atoms with Gasteiger partial charge in [0.25, 0.3) is 0 Å². The Morgan fingerprint density at radius 2 is 1.55 bits per heavy atom. The number of anilines is 1. The molecule has 2 aromatic carbocycles. The molecule has 0 bridgehead atoms. The molecule has 0 spiro atoms. The van der Waals surface area contributed by atoms with Crippen molar-refractivity contribution in [2.24, 2.45) is 0 Å². The standard InChI is InChI=1S/C16H18N2O3S/c1-18(15-10-6-3-7-11-15)22(20,21)17-16(19)13-12-14-8-4-2-5-9-14/h2-11H,12-13H2,1H3,(H,17,19). The largest absolute Gasteiger partial charge is 0.325 e. The van der Waals surface area contributed by atoms with Gasteiger partial charge in [0, 0.05) is 13.5 Å². The summed E-state index contributed by atoms with van der Waals surface area (Å²) in [6, 6.07) is 18.0. The van der Waals surface area contributed by atoms with E-state index in [1.165, 1.54) is 7.05 Å². The van der Waals surface area contributed by atoms with Crippen LogP contribution in [0, 0.1) is 0 Å². The Kier molecular flexibility index (Phi) is 5.16. The number of carbonyl (C=O) groups is 1. The fourth-order valence-corrected chi connectivity index (χ4v) is 2.87. The molecule has 0 heterocycles. The molecule has 0 fully saturated rings. The molecular weight excluding hydrogens is 300 g/mol. The fraction of sp³-hybridized carbons (Fsp3) is 0.188. The zero-order valence-electron chi connectivity index (χ0n) is 12.3. The van der Waals surface area contributed by atoms with Crippen LogP contribution in [-0.4, -0.2) is 21.4 Å². The van der Waals surface area contributed by atoms with Gasteiger partial charge in [-0.1, -0.05) is 48.5 Å². The second-order valence-corrected chi connectivity index (χ2v) is 6.52. The van der Waals surface area contributed by atoms with E-state index in [9.17, 15) is 13.2 Å². The fourth-order valence-electron chi connectivity index (χ4n) is 1.94. The van der Waals surface area contributed by atoms with Crippen molar-refractivity contribution in [2.45, 2.75) is 12.8 Å². The molecule has 0 unspecified atom stereocenters. The molecule has 0 saturated heterocycles. The maximum absolute atomic E-state index is 12.1. The number of carbonyl (C=O) groups excluding carboxylic acids is 1. The monoisotopic (exact) mass is 318 g/mol. The van der Waals surface area contributed by atoms with Crippen molar-refractivity contribution in [3.05, 3.63) is 66.2 Å². The van der Waals surface area contributed by atoms with Crippen molar-refractivity contribution in [2.75, 3.05) is 11.4 Å². The smallest absolute Gasteiger partial charge is 0.274 e. The third-order valence-electron chi connectivity index (χ3n) is 3.21. The Balaban J connectivity index is 1.95. The van der Waals surface area contributed by atoms with E-state index >= 15 is 0 Å². The third kappa shape index (κ3) is 4.33. The van der Waals surface area contributed by atoms with E-state index < -0.39 is 16.1 Å². The highest BCUT2D eigenvalue weighted by atomic mass is 32.2. The summed E-state index contributed by atoms with van der Waals surface area (Å²) >= 11 is 0. The summed E-state index contributed by atoms with van der Waals surface area (Å²) in [5.41, 5.74) is 1.48. The molecule has 116 valence electrons. The summed E-state index contributed by atoms with van der Waals surface area (Å²) < 4.78 is 27.4. The number of amides is 1. The van der Waals surface area contributed by atoms with Crippen molar-refractivity contribution in [1.82, 2.24) is 4.72 Å². The Morgan fingerprint density at radius 3 is 2.14 bits per heavy atom. The highest BCUT2D eigenvalue weighted by Gasteiger charge is 2.20. The normalized spacial score (nSPS) is 11.0. The van der Waals surface area contributed by atoms with Crippen molar-refractivity contribution in [3.63, 3.8) is 0 Å². The van der Waals surface area contributed by atoms with Gasteiger partial charge >= 0.3 is 10.2 Å². The van der Waals surface area contributed by atoms with E-state index in [-0.39, 0.29) is 6.42 Å². The van der Waals surface area contributed by atoms with Gasteiger partial charge in [-0.2, -0.15) is 8.42 Å². The van der Waals surface area contributed by atoms with Crippen molar-refractivity contribution in [3.8, 4) is 0 Å². The minimum absolute atomic E-state index is 0.117. The number of aryl methyl sites for hydroxylation is 1. The lowest BCUT2D eigenvalue weighted by Crippen LogP contribution is -2.41. The Labute approximate surface area is 130 Å². The molecule has 5 nitrogen and oxygen atoms in total. The lowest BCUT2D eigenvalue weighted by molar-refractivity contribution is -0.119. The van der Waals surface area contributed by atoms with Crippen LogP contribution < -0.4 is 9.03 Å². The lowest BCUT2D eigenvalue weighted by Gasteiger charge is -2.19. The van der Waals surface area contributed by atoms with Crippen molar-refractivity contribution in [1.29, 1.82) is 0 Å². The summed E-state index contributed by atoms with van der Waals surface area (Å²) in [7, 11) is -2.48. The van der Waals surface area contributed by atoms with Gasteiger partial charge in [-0.05, 0) is 24.1 Å². The molecule has 0 atom stereocenters. The summed E-state index contributed by atoms with van der Waals surface area (Å²) in [5, 5.41) is 0.